The van der Waals surface area contributed by atoms with Gasteiger partial charge in [-0.15, -0.1) is 6.58 Å². The first-order valence-electron chi connectivity index (χ1n) is 8.34. The first-order valence-corrected chi connectivity index (χ1v) is 9.57. The van der Waals surface area contributed by atoms with Crippen molar-refractivity contribution in [3.05, 3.63) is 77.2 Å². The van der Waals surface area contributed by atoms with E-state index in [1.54, 1.807) is 60.7 Å². The minimum atomic E-state index is -0.475. The lowest BCUT2D eigenvalue weighted by molar-refractivity contribution is -0.121. The highest BCUT2D eigenvalue weighted by molar-refractivity contribution is 8.26. The van der Waals surface area contributed by atoms with Crippen LogP contribution in [0.2, 0.25) is 0 Å². The van der Waals surface area contributed by atoms with Gasteiger partial charge in [-0.1, -0.05) is 48.3 Å². The van der Waals surface area contributed by atoms with E-state index in [1.807, 2.05) is 0 Å². The van der Waals surface area contributed by atoms with Gasteiger partial charge in [-0.05, 0) is 42.0 Å². The Morgan fingerprint density at radius 3 is 2.64 bits per heavy atom. The summed E-state index contributed by atoms with van der Waals surface area (Å²) in [4.78, 5) is 26.7. The molecule has 2 aromatic carbocycles. The van der Waals surface area contributed by atoms with Crippen LogP contribution in [0.5, 0.6) is 11.5 Å². The van der Waals surface area contributed by atoms with Crippen molar-refractivity contribution in [2.24, 2.45) is 0 Å². The number of carbonyl (C=O) groups excluding carboxylic acids is 2. The zero-order valence-corrected chi connectivity index (χ0v) is 16.7. The quantitative estimate of drug-likeness (QED) is 0.232. The van der Waals surface area contributed by atoms with Crippen LogP contribution < -0.4 is 9.47 Å². The Kier molecular flexibility index (Phi) is 6.28. The van der Waals surface area contributed by atoms with Crippen LogP contribution in [0.25, 0.3) is 6.08 Å². The molecular formula is C21H17NO4S2. The highest BCUT2D eigenvalue weighted by Crippen LogP contribution is 2.32. The van der Waals surface area contributed by atoms with Gasteiger partial charge in [0.2, 0.25) is 0 Å². The van der Waals surface area contributed by atoms with Crippen LogP contribution in [0.4, 0.5) is 0 Å². The topological polar surface area (TPSA) is 55.8 Å². The maximum absolute atomic E-state index is 12.4. The molecular weight excluding hydrogens is 394 g/mol. The molecule has 1 aliphatic heterocycles. The summed E-state index contributed by atoms with van der Waals surface area (Å²) in [5.74, 6) is 0.378. The number of thiocarbonyl (C=S) groups is 1. The molecule has 1 fully saturated rings. The predicted octanol–water partition coefficient (Wildman–Crippen LogP) is 4.30. The van der Waals surface area contributed by atoms with Crippen LogP contribution in [0.3, 0.4) is 0 Å². The minimum absolute atomic E-state index is 0.136. The molecule has 0 bridgehead atoms. The molecule has 0 radical (unpaired) electrons. The summed E-state index contributed by atoms with van der Waals surface area (Å²) < 4.78 is 11.0. The van der Waals surface area contributed by atoms with E-state index in [9.17, 15) is 9.59 Å². The number of nitrogens with zero attached hydrogens (tertiary/aromatic N) is 1. The van der Waals surface area contributed by atoms with Crippen LogP contribution >= 0.6 is 24.0 Å². The molecule has 3 rings (SSSR count). The van der Waals surface area contributed by atoms with Gasteiger partial charge in [-0.25, -0.2) is 4.79 Å². The molecule has 1 amide bonds. The Bertz CT molecular complexity index is 967. The summed E-state index contributed by atoms with van der Waals surface area (Å²) in [6.07, 6.45) is 3.40. The maximum atomic E-state index is 12.4. The van der Waals surface area contributed by atoms with Gasteiger partial charge in [0.05, 0.1) is 17.6 Å². The van der Waals surface area contributed by atoms with Crippen LogP contribution in [-0.4, -0.2) is 34.8 Å². The molecule has 0 aromatic heterocycles. The van der Waals surface area contributed by atoms with Gasteiger partial charge in [0.1, 0.15) is 15.8 Å². The molecule has 0 N–H and O–H groups in total. The monoisotopic (exact) mass is 411 g/mol. The van der Waals surface area contributed by atoms with Crippen molar-refractivity contribution < 1.29 is 19.1 Å². The van der Waals surface area contributed by atoms with E-state index < -0.39 is 5.97 Å². The fourth-order valence-corrected chi connectivity index (χ4v) is 3.76. The van der Waals surface area contributed by atoms with Crippen LogP contribution in [0.15, 0.2) is 66.1 Å². The second-order valence-electron chi connectivity index (χ2n) is 5.77. The third-order valence-corrected chi connectivity index (χ3v) is 5.26. The van der Waals surface area contributed by atoms with Gasteiger partial charge in [0.15, 0.2) is 0 Å². The third kappa shape index (κ3) is 4.49. The number of benzene rings is 2. The summed E-state index contributed by atoms with van der Waals surface area (Å²) in [6.45, 7) is 4.03. The van der Waals surface area contributed by atoms with Crippen molar-refractivity contribution in [3.8, 4) is 11.5 Å². The largest absolute Gasteiger partial charge is 0.497 e. The molecule has 5 nitrogen and oxygen atoms in total. The zero-order chi connectivity index (χ0) is 20.1. The number of ether oxygens (including phenoxy) is 2. The van der Waals surface area contributed by atoms with E-state index in [1.165, 1.54) is 23.8 Å². The number of esters is 1. The Morgan fingerprint density at radius 2 is 1.96 bits per heavy atom. The average Bonchev–Trinajstić information content (AvgIpc) is 2.97. The molecule has 0 unspecified atom stereocenters. The summed E-state index contributed by atoms with van der Waals surface area (Å²) >= 11 is 6.48. The zero-order valence-electron chi connectivity index (χ0n) is 15.1. The number of hydrogen-bond donors (Lipinski definition) is 0. The smallest absolute Gasteiger partial charge is 0.343 e. The maximum Gasteiger partial charge on any atom is 0.343 e. The molecule has 1 heterocycles. The molecule has 2 aromatic rings. The molecule has 28 heavy (non-hydrogen) atoms. The van der Waals surface area contributed by atoms with Gasteiger partial charge >= 0.3 is 5.97 Å². The number of thioether (sulfide) groups is 1. The molecule has 0 spiro atoms. The summed E-state index contributed by atoms with van der Waals surface area (Å²) in [5, 5.41) is 0. The number of rotatable bonds is 6. The lowest BCUT2D eigenvalue weighted by atomic mass is 10.2. The van der Waals surface area contributed by atoms with Crippen LogP contribution in [0, 0.1) is 0 Å². The first kappa shape index (κ1) is 19.9. The van der Waals surface area contributed by atoms with Gasteiger partial charge < -0.3 is 9.47 Å². The number of amides is 1. The Balaban J connectivity index is 1.70. The van der Waals surface area contributed by atoms with Gasteiger partial charge in [0.25, 0.3) is 5.91 Å². The van der Waals surface area contributed by atoms with Crippen molar-refractivity contribution in [1.82, 2.24) is 4.90 Å². The van der Waals surface area contributed by atoms with E-state index in [2.05, 4.69) is 6.58 Å². The van der Waals surface area contributed by atoms with Crippen LogP contribution in [-0.2, 0) is 4.79 Å². The third-order valence-electron chi connectivity index (χ3n) is 3.88. The van der Waals surface area contributed by atoms with Crippen molar-refractivity contribution in [3.63, 3.8) is 0 Å². The SMILES string of the molecule is C=CCN1C(=O)C(=Cc2ccc(OC(=O)c3cccc(OC)c3)cc2)SC1=S. The van der Waals surface area contributed by atoms with Crippen molar-refractivity contribution in [1.29, 1.82) is 0 Å². The molecule has 1 aliphatic rings. The van der Waals surface area contributed by atoms with E-state index in [4.69, 9.17) is 21.7 Å². The fraction of sp³-hybridized carbons (Fsp3) is 0.0952. The summed E-state index contributed by atoms with van der Waals surface area (Å²) in [6, 6.07) is 13.6. The van der Waals surface area contributed by atoms with Crippen molar-refractivity contribution in [2.45, 2.75) is 0 Å². The van der Waals surface area contributed by atoms with E-state index >= 15 is 0 Å². The lowest BCUT2D eigenvalue weighted by Crippen LogP contribution is -2.27. The molecule has 0 aliphatic carbocycles. The van der Waals surface area contributed by atoms with Gasteiger partial charge in [0, 0.05) is 6.54 Å². The Morgan fingerprint density at radius 1 is 1.21 bits per heavy atom. The Labute approximate surface area is 172 Å². The second-order valence-corrected chi connectivity index (χ2v) is 7.45. The average molecular weight is 412 g/mol. The number of hydrogen-bond acceptors (Lipinski definition) is 6. The lowest BCUT2D eigenvalue weighted by Gasteiger charge is -2.10. The summed E-state index contributed by atoms with van der Waals surface area (Å²) in [5.41, 5.74) is 1.20. The number of methoxy groups -OCH3 is 1. The summed E-state index contributed by atoms with van der Waals surface area (Å²) in [7, 11) is 1.54. The normalized spacial score (nSPS) is 15.0. The molecule has 142 valence electrons. The van der Waals surface area contributed by atoms with Crippen molar-refractivity contribution >= 4 is 46.3 Å². The Hall–Kier alpha value is -2.90. The van der Waals surface area contributed by atoms with Crippen molar-refractivity contribution in [2.75, 3.05) is 13.7 Å². The molecule has 1 saturated heterocycles. The minimum Gasteiger partial charge on any atom is -0.497 e. The molecule has 0 saturated carbocycles. The standard InChI is InChI=1S/C21H17NO4S2/c1-3-11-22-19(23)18(28-21(22)27)12-14-7-9-16(10-8-14)26-20(24)15-5-4-6-17(13-15)25-2/h3-10,12-13H,1,11H2,2H3. The second kappa shape index (κ2) is 8.86. The van der Waals surface area contributed by atoms with E-state index in [0.717, 1.165) is 5.56 Å². The highest BCUT2D eigenvalue weighted by atomic mass is 32.2. The van der Waals surface area contributed by atoms with Crippen LogP contribution in [0.1, 0.15) is 15.9 Å². The molecule has 0 atom stereocenters. The predicted molar refractivity (Wildman–Crippen MR) is 114 cm³/mol. The fourth-order valence-electron chi connectivity index (χ4n) is 2.49. The van der Waals surface area contributed by atoms with Gasteiger partial charge in [-0.2, -0.15) is 0 Å². The van der Waals surface area contributed by atoms with E-state index in [-0.39, 0.29) is 5.91 Å². The van der Waals surface area contributed by atoms with Gasteiger partial charge in [-0.3, -0.25) is 9.69 Å². The van der Waals surface area contributed by atoms with E-state index in [0.29, 0.717) is 32.8 Å². The highest BCUT2D eigenvalue weighted by Gasteiger charge is 2.30. The first-order chi connectivity index (χ1) is 13.5. The number of carbonyl (C=O) groups is 2. The molecule has 7 heteroatoms.